The van der Waals surface area contributed by atoms with Crippen molar-refractivity contribution in [3.8, 4) is 11.5 Å². The molecule has 0 fully saturated rings. The van der Waals surface area contributed by atoms with Crippen LogP contribution in [0, 0.1) is 0 Å². The lowest BCUT2D eigenvalue weighted by Gasteiger charge is -2.09. The fourth-order valence-corrected chi connectivity index (χ4v) is 2.64. The molecule has 0 heterocycles. The number of hydrogen-bond donors (Lipinski definition) is 1. The van der Waals surface area contributed by atoms with Crippen LogP contribution >= 0.6 is 15.9 Å². The number of fused-ring (bicyclic) bond motifs is 1. The molecular formula is C17H14BrNO. The SMILES string of the molecule is NCc1ccc(Oc2ccc3ccccc3c2)cc1Br. The van der Waals surface area contributed by atoms with E-state index in [0.29, 0.717) is 6.54 Å². The van der Waals surface area contributed by atoms with E-state index in [1.165, 1.54) is 10.8 Å². The van der Waals surface area contributed by atoms with Gasteiger partial charge in [-0.25, -0.2) is 0 Å². The van der Waals surface area contributed by atoms with Crippen molar-refractivity contribution < 1.29 is 4.74 Å². The first-order chi connectivity index (χ1) is 9.76. The highest BCUT2D eigenvalue weighted by molar-refractivity contribution is 9.10. The lowest BCUT2D eigenvalue weighted by atomic mass is 10.1. The minimum absolute atomic E-state index is 0.511. The van der Waals surface area contributed by atoms with Crippen molar-refractivity contribution in [2.75, 3.05) is 0 Å². The van der Waals surface area contributed by atoms with E-state index in [1.54, 1.807) is 0 Å². The highest BCUT2D eigenvalue weighted by Gasteiger charge is 2.03. The fraction of sp³-hybridized carbons (Fsp3) is 0.0588. The van der Waals surface area contributed by atoms with Gasteiger partial charge in [0.1, 0.15) is 11.5 Å². The highest BCUT2D eigenvalue weighted by atomic mass is 79.9. The molecule has 2 N–H and O–H groups in total. The lowest BCUT2D eigenvalue weighted by molar-refractivity contribution is 0.483. The second-order valence-corrected chi connectivity index (χ2v) is 5.42. The van der Waals surface area contributed by atoms with Gasteiger partial charge in [-0.05, 0) is 40.6 Å². The van der Waals surface area contributed by atoms with Crippen molar-refractivity contribution in [3.63, 3.8) is 0 Å². The molecule has 0 spiro atoms. The Morgan fingerprint density at radius 2 is 1.55 bits per heavy atom. The van der Waals surface area contributed by atoms with Crippen molar-refractivity contribution in [3.05, 3.63) is 70.7 Å². The van der Waals surface area contributed by atoms with Gasteiger partial charge in [0.25, 0.3) is 0 Å². The second-order valence-electron chi connectivity index (χ2n) is 4.57. The summed E-state index contributed by atoms with van der Waals surface area (Å²) in [5.74, 6) is 1.63. The minimum atomic E-state index is 0.511. The van der Waals surface area contributed by atoms with Crippen LogP contribution in [-0.2, 0) is 6.54 Å². The van der Waals surface area contributed by atoms with Gasteiger partial charge >= 0.3 is 0 Å². The van der Waals surface area contributed by atoms with Crippen LogP contribution in [0.3, 0.4) is 0 Å². The average molecular weight is 328 g/mol. The molecule has 0 aromatic heterocycles. The van der Waals surface area contributed by atoms with Crippen LogP contribution in [0.25, 0.3) is 10.8 Å². The highest BCUT2D eigenvalue weighted by Crippen LogP contribution is 2.28. The predicted molar refractivity (Wildman–Crippen MR) is 86.1 cm³/mol. The Labute approximate surface area is 126 Å². The molecule has 100 valence electrons. The standard InChI is InChI=1S/C17H14BrNO/c18-17-10-16(8-6-14(17)11-19)20-15-7-5-12-3-1-2-4-13(12)9-15/h1-10H,11,19H2. The van der Waals surface area contributed by atoms with Crippen molar-refractivity contribution >= 4 is 26.7 Å². The van der Waals surface area contributed by atoms with E-state index in [4.69, 9.17) is 10.5 Å². The van der Waals surface area contributed by atoms with Gasteiger partial charge in [-0.15, -0.1) is 0 Å². The number of benzene rings is 3. The molecule has 0 radical (unpaired) electrons. The zero-order valence-corrected chi connectivity index (χ0v) is 12.4. The molecule has 0 unspecified atom stereocenters. The summed E-state index contributed by atoms with van der Waals surface area (Å²) in [6.07, 6.45) is 0. The van der Waals surface area contributed by atoms with Crippen molar-refractivity contribution in [2.45, 2.75) is 6.54 Å². The zero-order valence-electron chi connectivity index (χ0n) is 10.8. The summed E-state index contributed by atoms with van der Waals surface area (Å²) in [5.41, 5.74) is 6.71. The summed E-state index contributed by atoms with van der Waals surface area (Å²) < 4.78 is 6.87. The third-order valence-electron chi connectivity index (χ3n) is 3.20. The quantitative estimate of drug-likeness (QED) is 0.746. The maximum absolute atomic E-state index is 5.90. The van der Waals surface area contributed by atoms with Gasteiger partial charge in [-0.3, -0.25) is 0 Å². The minimum Gasteiger partial charge on any atom is -0.457 e. The maximum atomic E-state index is 5.90. The van der Waals surface area contributed by atoms with Crippen LogP contribution in [0.1, 0.15) is 5.56 Å². The molecule has 0 saturated heterocycles. The summed E-state index contributed by atoms with van der Waals surface area (Å²) in [5, 5.41) is 2.38. The predicted octanol–water partition coefficient (Wildman–Crippen LogP) is 4.85. The Morgan fingerprint density at radius 3 is 2.30 bits per heavy atom. The van der Waals surface area contributed by atoms with E-state index in [-0.39, 0.29) is 0 Å². The van der Waals surface area contributed by atoms with Crippen LogP contribution in [0.4, 0.5) is 0 Å². The molecule has 2 nitrogen and oxygen atoms in total. The van der Waals surface area contributed by atoms with Gasteiger partial charge in [0.2, 0.25) is 0 Å². The first-order valence-electron chi connectivity index (χ1n) is 6.41. The van der Waals surface area contributed by atoms with Crippen LogP contribution in [-0.4, -0.2) is 0 Å². The first-order valence-corrected chi connectivity index (χ1v) is 7.21. The molecule has 3 aromatic carbocycles. The van der Waals surface area contributed by atoms with E-state index in [2.05, 4.69) is 34.1 Å². The Balaban J connectivity index is 1.90. The molecule has 0 aliphatic carbocycles. The third kappa shape index (κ3) is 2.69. The average Bonchev–Trinajstić information content (AvgIpc) is 2.47. The molecule has 0 aliphatic rings. The normalized spacial score (nSPS) is 10.7. The summed E-state index contributed by atoms with van der Waals surface area (Å²) in [7, 11) is 0. The van der Waals surface area contributed by atoms with E-state index < -0.39 is 0 Å². The van der Waals surface area contributed by atoms with E-state index in [9.17, 15) is 0 Å². The molecule has 0 amide bonds. The van der Waals surface area contributed by atoms with E-state index in [1.807, 2.05) is 42.5 Å². The summed E-state index contributed by atoms with van der Waals surface area (Å²) >= 11 is 3.50. The lowest BCUT2D eigenvalue weighted by Crippen LogP contribution is -1.97. The van der Waals surface area contributed by atoms with Gasteiger partial charge in [-0.2, -0.15) is 0 Å². The fourth-order valence-electron chi connectivity index (χ4n) is 2.12. The summed E-state index contributed by atoms with van der Waals surface area (Å²) in [6.45, 7) is 0.511. The maximum Gasteiger partial charge on any atom is 0.128 e. The number of hydrogen-bond acceptors (Lipinski definition) is 2. The van der Waals surface area contributed by atoms with Crippen molar-refractivity contribution in [1.29, 1.82) is 0 Å². The molecular weight excluding hydrogens is 314 g/mol. The second kappa shape index (κ2) is 5.65. The Kier molecular flexibility index (Phi) is 3.72. The number of ether oxygens (including phenoxy) is 1. The monoisotopic (exact) mass is 327 g/mol. The number of halogens is 1. The molecule has 0 bridgehead atoms. The third-order valence-corrected chi connectivity index (χ3v) is 3.94. The zero-order chi connectivity index (χ0) is 13.9. The molecule has 3 rings (SSSR count). The Bertz CT molecular complexity index is 755. The van der Waals surface area contributed by atoms with Crippen molar-refractivity contribution in [1.82, 2.24) is 0 Å². The first kappa shape index (κ1) is 13.2. The van der Waals surface area contributed by atoms with Crippen LogP contribution < -0.4 is 10.5 Å². The Hall–Kier alpha value is -1.84. The summed E-state index contributed by atoms with van der Waals surface area (Å²) in [4.78, 5) is 0. The molecule has 3 aromatic rings. The topological polar surface area (TPSA) is 35.2 Å². The molecule has 0 atom stereocenters. The molecule has 3 heteroatoms. The van der Waals surface area contributed by atoms with Crippen LogP contribution in [0.15, 0.2) is 65.1 Å². The van der Waals surface area contributed by atoms with Gasteiger partial charge < -0.3 is 10.5 Å². The largest absolute Gasteiger partial charge is 0.457 e. The van der Waals surface area contributed by atoms with E-state index in [0.717, 1.165) is 21.5 Å². The van der Waals surface area contributed by atoms with Gasteiger partial charge in [-0.1, -0.05) is 52.3 Å². The van der Waals surface area contributed by atoms with E-state index >= 15 is 0 Å². The van der Waals surface area contributed by atoms with Crippen LogP contribution in [0.2, 0.25) is 0 Å². The number of nitrogens with two attached hydrogens (primary N) is 1. The molecule has 0 aliphatic heterocycles. The number of rotatable bonds is 3. The summed E-state index contributed by atoms with van der Waals surface area (Å²) in [6, 6.07) is 20.2. The van der Waals surface area contributed by atoms with Gasteiger partial charge in [0.15, 0.2) is 0 Å². The van der Waals surface area contributed by atoms with Crippen LogP contribution in [0.5, 0.6) is 11.5 Å². The van der Waals surface area contributed by atoms with Gasteiger partial charge in [0.05, 0.1) is 0 Å². The Morgan fingerprint density at radius 1 is 0.850 bits per heavy atom. The smallest absolute Gasteiger partial charge is 0.128 e. The molecule has 20 heavy (non-hydrogen) atoms. The van der Waals surface area contributed by atoms with Crippen molar-refractivity contribution in [2.24, 2.45) is 5.73 Å². The van der Waals surface area contributed by atoms with Gasteiger partial charge in [0, 0.05) is 11.0 Å². The molecule has 0 saturated carbocycles.